The highest BCUT2D eigenvalue weighted by Gasteiger charge is 2.16. The second-order valence-corrected chi connectivity index (χ2v) is 6.02. The molecule has 0 aromatic heterocycles. The molecule has 4 rings (SSSR count). The average molecular weight is 294 g/mol. The largest absolute Gasteiger partial charge is 0.303 e. The van der Waals surface area contributed by atoms with Crippen LogP contribution in [0.4, 0.5) is 0 Å². The van der Waals surface area contributed by atoms with Crippen LogP contribution in [0, 0.1) is 0 Å². The number of benzene rings is 2. The van der Waals surface area contributed by atoms with E-state index in [0.29, 0.717) is 12.1 Å². The molecule has 2 aliphatic rings. The zero-order valence-electron chi connectivity index (χ0n) is 12.6. The van der Waals surface area contributed by atoms with Crippen LogP contribution in [0.25, 0.3) is 11.1 Å². The number of hydrogen-bond acceptors (Lipinski definition) is 4. The maximum atomic E-state index is 3.45. The van der Waals surface area contributed by atoms with Crippen LogP contribution in [0.3, 0.4) is 0 Å². The molecule has 0 saturated carbocycles. The fraction of sp³-hybridized carbons (Fsp3) is 0.333. The highest BCUT2D eigenvalue weighted by atomic mass is 15.2. The molecule has 22 heavy (non-hydrogen) atoms. The maximum absolute atomic E-state index is 3.45. The maximum Gasteiger partial charge on any atom is 0.0460 e. The lowest BCUT2D eigenvalue weighted by atomic mass is 9.99. The highest BCUT2D eigenvalue weighted by Crippen LogP contribution is 2.24. The summed E-state index contributed by atoms with van der Waals surface area (Å²) in [6, 6.07) is 18.7. The van der Waals surface area contributed by atoms with Gasteiger partial charge in [0.15, 0.2) is 0 Å². The fourth-order valence-corrected chi connectivity index (χ4v) is 3.26. The van der Waals surface area contributed by atoms with Gasteiger partial charge in [0.1, 0.15) is 0 Å². The van der Waals surface area contributed by atoms with Gasteiger partial charge in [0.2, 0.25) is 0 Å². The minimum Gasteiger partial charge on any atom is -0.303 e. The summed E-state index contributed by atoms with van der Waals surface area (Å²) in [6.45, 7) is 3.82. The third-order valence-corrected chi connectivity index (χ3v) is 4.60. The normalized spacial score (nSPS) is 24.7. The monoisotopic (exact) mass is 294 g/mol. The predicted octanol–water partition coefficient (Wildman–Crippen LogP) is 1.74. The number of nitrogens with one attached hydrogen (secondary N) is 4. The first-order valence-corrected chi connectivity index (χ1v) is 7.99. The lowest BCUT2D eigenvalue weighted by Gasteiger charge is -2.12. The summed E-state index contributed by atoms with van der Waals surface area (Å²) in [7, 11) is 0. The van der Waals surface area contributed by atoms with Gasteiger partial charge in [-0.25, -0.2) is 0 Å². The Balaban J connectivity index is 1.51. The van der Waals surface area contributed by atoms with Gasteiger partial charge in [-0.05, 0) is 22.3 Å². The van der Waals surface area contributed by atoms with Gasteiger partial charge in [0.05, 0.1) is 0 Å². The van der Waals surface area contributed by atoms with E-state index in [4.69, 9.17) is 0 Å². The van der Waals surface area contributed by atoms with Crippen LogP contribution >= 0.6 is 0 Å². The smallest absolute Gasteiger partial charge is 0.0460 e. The van der Waals surface area contributed by atoms with Crippen molar-refractivity contribution in [3.8, 4) is 11.1 Å². The van der Waals surface area contributed by atoms with Crippen molar-refractivity contribution in [1.82, 2.24) is 21.3 Å². The molecule has 4 N–H and O–H groups in total. The Morgan fingerprint density at radius 2 is 1.00 bits per heavy atom. The molecule has 2 heterocycles. The Morgan fingerprint density at radius 1 is 0.591 bits per heavy atom. The number of rotatable bonds is 3. The third kappa shape index (κ3) is 2.78. The quantitative estimate of drug-likeness (QED) is 0.696. The van der Waals surface area contributed by atoms with Crippen molar-refractivity contribution < 1.29 is 0 Å². The van der Waals surface area contributed by atoms with E-state index < -0.39 is 0 Å². The van der Waals surface area contributed by atoms with E-state index in [1.165, 1.54) is 22.3 Å². The predicted molar refractivity (Wildman–Crippen MR) is 89.4 cm³/mol. The van der Waals surface area contributed by atoms with E-state index in [9.17, 15) is 0 Å². The summed E-state index contributed by atoms with van der Waals surface area (Å²) < 4.78 is 0. The lowest BCUT2D eigenvalue weighted by molar-refractivity contribution is 0.676. The van der Waals surface area contributed by atoms with Gasteiger partial charge in [-0.3, -0.25) is 10.6 Å². The van der Waals surface area contributed by atoms with Gasteiger partial charge in [0.25, 0.3) is 0 Å². The molecule has 0 aliphatic carbocycles. The first kappa shape index (κ1) is 13.9. The molecule has 2 unspecified atom stereocenters. The van der Waals surface area contributed by atoms with E-state index >= 15 is 0 Å². The second kappa shape index (κ2) is 6.18. The van der Waals surface area contributed by atoms with E-state index in [1.807, 2.05) is 0 Å². The third-order valence-electron chi connectivity index (χ3n) is 4.60. The van der Waals surface area contributed by atoms with Gasteiger partial charge < -0.3 is 10.6 Å². The van der Waals surface area contributed by atoms with Gasteiger partial charge in [-0.1, -0.05) is 48.5 Å². The van der Waals surface area contributed by atoms with Crippen molar-refractivity contribution in [3.05, 3.63) is 59.7 Å². The SMILES string of the molecule is c1cc(C2CNCN2)ccc1-c1ccc(C2CNCN2)cc1. The second-order valence-electron chi connectivity index (χ2n) is 6.02. The molecule has 2 saturated heterocycles. The van der Waals surface area contributed by atoms with Crippen molar-refractivity contribution in [3.63, 3.8) is 0 Å². The highest BCUT2D eigenvalue weighted by molar-refractivity contribution is 5.64. The molecule has 4 heteroatoms. The average Bonchev–Trinajstić information content (AvgIpc) is 3.29. The Bertz CT molecular complexity index is 551. The molecule has 2 aromatic rings. The van der Waals surface area contributed by atoms with Crippen LogP contribution in [-0.4, -0.2) is 26.4 Å². The van der Waals surface area contributed by atoms with Crippen LogP contribution in [0.5, 0.6) is 0 Å². The van der Waals surface area contributed by atoms with Crippen LogP contribution in [0.15, 0.2) is 48.5 Å². The van der Waals surface area contributed by atoms with Crippen LogP contribution in [0.2, 0.25) is 0 Å². The summed E-state index contributed by atoms with van der Waals surface area (Å²) in [4.78, 5) is 0. The molecule has 2 atom stereocenters. The van der Waals surface area contributed by atoms with E-state index in [1.54, 1.807) is 0 Å². The molecular weight excluding hydrogens is 272 g/mol. The molecule has 0 radical (unpaired) electrons. The zero-order chi connectivity index (χ0) is 14.8. The van der Waals surface area contributed by atoms with E-state index in [2.05, 4.69) is 69.8 Å². The zero-order valence-corrected chi connectivity index (χ0v) is 12.6. The number of hydrogen-bond donors (Lipinski definition) is 4. The molecule has 2 aromatic carbocycles. The first-order valence-electron chi connectivity index (χ1n) is 7.99. The molecule has 114 valence electrons. The summed E-state index contributed by atoms with van der Waals surface area (Å²) >= 11 is 0. The molecular formula is C18H22N4. The van der Waals surface area contributed by atoms with Gasteiger partial charge in [0, 0.05) is 38.5 Å². The molecule has 2 aliphatic heterocycles. The van der Waals surface area contributed by atoms with Crippen molar-refractivity contribution in [2.75, 3.05) is 26.4 Å². The van der Waals surface area contributed by atoms with E-state index in [0.717, 1.165) is 26.4 Å². The lowest BCUT2D eigenvalue weighted by Crippen LogP contribution is -2.14. The Hall–Kier alpha value is -1.72. The molecule has 2 fully saturated rings. The van der Waals surface area contributed by atoms with Gasteiger partial charge >= 0.3 is 0 Å². The minimum absolute atomic E-state index is 0.442. The standard InChI is InChI=1S/C18H22N4/c1-5-15(17-9-19-11-21-17)6-2-13(1)14-3-7-16(8-4-14)18-10-20-12-22-18/h1-8,17-22H,9-12H2. The van der Waals surface area contributed by atoms with Crippen LogP contribution in [0.1, 0.15) is 23.2 Å². The molecule has 0 amide bonds. The summed E-state index contributed by atoms with van der Waals surface area (Å²) in [6.07, 6.45) is 0. The first-order chi connectivity index (χ1) is 10.9. The molecule has 4 nitrogen and oxygen atoms in total. The van der Waals surface area contributed by atoms with Gasteiger partial charge in [-0.2, -0.15) is 0 Å². The Kier molecular flexibility index (Phi) is 3.91. The van der Waals surface area contributed by atoms with Gasteiger partial charge in [-0.15, -0.1) is 0 Å². The minimum atomic E-state index is 0.442. The van der Waals surface area contributed by atoms with Crippen molar-refractivity contribution in [1.29, 1.82) is 0 Å². The molecule has 0 spiro atoms. The summed E-state index contributed by atoms with van der Waals surface area (Å²) in [5, 5.41) is 13.5. The molecule has 0 bridgehead atoms. The van der Waals surface area contributed by atoms with Crippen LogP contribution in [-0.2, 0) is 0 Å². The summed E-state index contributed by atoms with van der Waals surface area (Å²) in [5.74, 6) is 0. The Labute approximate surface area is 131 Å². The summed E-state index contributed by atoms with van der Waals surface area (Å²) in [5.41, 5.74) is 5.26. The Morgan fingerprint density at radius 3 is 1.32 bits per heavy atom. The van der Waals surface area contributed by atoms with Crippen molar-refractivity contribution >= 4 is 0 Å². The topological polar surface area (TPSA) is 48.1 Å². The fourth-order valence-electron chi connectivity index (χ4n) is 3.26. The van der Waals surface area contributed by atoms with Crippen molar-refractivity contribution in [2.24, 2.45) is 0 Å². The van der Waals surface area contributed by atoms with Crippen molar-refractivity contribution in [2.45, 2.75) is 12.1 Å². The van der Waals surface area contributed by atoms with E-state index in [-0.39, 0.29) is 0 Å². The van der Waals surface area contributed by atoms with Crippen LogP contribution < -0.4 is 21.3 Å².